The van der Waals surface area contributed by atoms with E-state index in [4.69, 9.17) is 14.4 Å². The summed E-state index contributed by atoms with van der Waals surface area (Å²) in [6, 6.07) is 53.1. The number of benzene rings is 7. The Balaban J connectivity index is 1.05. The summed E-state index contributed by atoms with van der Waals surface area (Å²) >= 11 is 0. The number of pyridine rings is 2. The number of para-hydroxylation sites is 2. The van der Waals surface area contributed by atoms with Gasteiger partial charge in [0, 0.05) is 34.1 Å². The van der Waals surface area contributed by atoms with Crippen LogP contribution in [0.5, 0.6) is 0 Å². The molecule has 0 amide bonds. The first-order valence-electron chi connectivity index (χ1n) is 22.4. The highest BCUT2D eigenvalue weighted by Crippen LogP contribution is 2.63. The third kappa shape index (κ3) is 3.89. The molecule has 4 nitrogen and oxygen atoms in total. The van der Waals surface area contributed by atoms with E-state index in [0.29, 0.717) is 0 Å². The van der Waals surface area contributed by atoms with Crippen molar-refractivity contribution in [2.24, 2.45) is 0 Å². The fourth-order valence-corrected chi connectivity index (χ4v) is 16.3. The molecule has 7 aromatic carbocycles. The second-order valence-electron chi connectivity index (χ2n) is 19.5. The Morgan fingerprint density at radius 3 is 2.00 bits per heavy atom. The normalized spacial score (nSPS) is 16.8. The molecule has 10 aromatic rings. The van der Waals surface area contributed by atoms with Crippen LogP contribution in [0.25, 0.3) is 66.4 Å². The molecule has 63 heavy (non-hydrogen) atoms. The van der Waals surface area contributed by atoms with Gasteiger partial charge in [-0.1, -0.05) is 130 Å². The number of anilines is 3. The van der Waals surface area contributed by atoms with Gasteiger partial charge in [0.2, 0.25) is 0 Å². The molecule has 0 saturated heterocycles. The number of nitrogens with zero attached hydrogens (tertiary/aromatic N) is 3. The van der Waals surface area contributed by atoms with Crippen molar-refractivity contribution in [3.05, 3.63) is 196 Å². The van der Waals surface area contributed by atoms with E-state index in [1.807, 2.05) is 12.4 Å². The van der Waals surface area contributed by atoms with E-state index in [1.165, 1.54) is 99.3 Å². The first kappa shape index (κ1) is 34.5. The Morgan fingerprint density at radius 2 is 1.19 bits per heavy atom. The maximum absolute atomic E-state index is 7.64. The summed E-state index contributed by atoms with van der Waals surface area (Å²) in [7, 11) is -1.99. The highest BCUT2D eigenvalue weighted by molar-refractivity contribution is 7.03. The quantitative estimate of drug-likeness (QED) is 0.155. The fourth-order valence-electron chi connectivity index (χ4n) is 13.3. The Bertz CT molecular complexity index is 3720. The minimum atomic E-state index is -1.99. The van der Waals surface area contributed by atoms with Crippen molar-refractivity contribution in [1.82, 2.24) is 9.97 Å². The van der Waals surface area contributed by atoms with Crippen LogP contribution in [-0.4, -0.2) is 18.0 Å². The molecule has 0 atom stereocenters. The van der Waals surface area contributed by atoms with E-state index < -0.39 is 13.5 Å². The molecule has 3 aromatic heterocycles. The third-order valence-corrected chi connectivity index (χ3v) is 19.6. The molecule has 0 N–H and O–H groups in total. The van der Waals surface area contributed by atoms with Crippen molar-refractivity contribution in [1.29, 1.82) is 0 Å². The molecule has 5 heteroatoms. The lowest BCUT2D eigenvalue weighted by Gasteiger charge is -2.42. The van der Waals surface area contributed by atoms with Crippen LogP contribution in [0.2, 0.25) is 13.1 Å². The Kier molecular flexibility index (Phi) is 6.18. The molecule has 0 saturated carbocycles. The van der Waals surface area contributed by atoms with Crippen LogP contribution < -0.4 is 15.3 Å². The largest absolute Gasteiger partial charge is 0.453 e. The van der Waals surface area contributed by atoms with Crippen LogP contribution in [0.3, 0.4) is 0 Å². The Hall–Kier alpha value is -7.08. The molecule has 15 rings (SSSR count). The van der Waals surface area contributed by atoms with E-state index in [2.05, 4.69) is 171 Å². The third-order valence-electron chi connectivity index (χ3n) is 16.0. The van der Waals surface area contributed by atoms with Crippen molar-refractivity contribution >= 4 is 68.2 Å². The summed E-state index contributed by atoms with van der Waals surface area (Å²) in [4.78, 5) is 12.6. The molecule has 3 aliphatic carbocycles. The molecule has 298 valence electrons. The van der Waals surface area contributed by atoms with E-state index in [1.54, 1.807) is 0 Å². The summed E-state index contributed by atoms with van der Waals surface area (Å²) in [5, 5.41) is 8.04. The van der Waals surface area contributed by atoms with E-state index >= 15 is 0 Å². The van der Waals surface area contributed by atoms with Crippen LogP contribution in [-0.2, 0) is 23.7 Å². The van der Waals surface area contributed by atoms with Gasteiger partial charge in [0.15, 0.2) is 5.58 Å². The van der Waals surface area contributed by atoms with E-state index in [-0.39, 0.29) is 5.41 Å². The summed E-state index contributed by atoms with van der Waals surface area (Å²) in [5.41, 5.74) is 22.1. The summed E-state index contributed by atoms with van der Waals surface area (Å²) in [6.07, 6.45) is 5.96. The van der Waals surface area contributed by atoms with Gasteiger partial charge in [0.05, 0.1) is 33.9 Å². The van der Waals surface area contributed by atoms with E-state index in [0.717, 1.165) is 51.9 Å². The summed E-state index contributed by atoms with van der Waals surface area (Å²) in [6.45, 7) is 9.84. The first-order chi connectivity index (χ1) is 30.8. The maximum atomic E-state index is 7.64. The van der Waals surface area contributed by atoms with Gasteiger partial charge in [-0.25, -0.2) is 0 Å². The highest BCUT2D eigenvalue weighted by Gasteiger charge is 2.53. The van der Waals surface area contributed by atoms with Gasteiger partial charge in [0.1, 0.15) is 13.7 Å². The molecule has 0 unspecified atom stereocenters. The van der Waals surface area contributed by atoms with Gasteiger partial charge < -0.3 is 9.32 Å². The number of fused-ring (bicyclic) bond motifs is 18. The minimum absolute atomic E-state index is 0.221. The number of hydrogen-bond donors (Lipinski definition) is 0. The fraction of sp³-hybridized carbons (Fsp3) is 0.138. The van der Waals surface area contributed by atoms with Crippen molar-refractivity contribution < 1.29 is 4.42 Å². The molecular formula is C58H41N3OSi. The molecule has 0 fully saturated rings. The van der Waals surface area contributed by atoms with Crippen LogP contribution >= 0.6 is 0 Å². The number of hydrogen-bond acceptors (Lipinski definition) is 4. The molecule has 0 radical (unpaired) electrons. The van der Waals surface area contributed by atoms with Gasteiger partial charge in [-0.05, 0) is 132 Å². The van der Waals surface area contributed by atoms with E-state index in [9.17, 15) is 0 Å². The number of aromatic nitrogens is 2. The molecule has 1 spiro atoms. The zero-order valence-electron chi connectivity index (χ0n) is 35.6. The molecule has 5 aliphatic rings. The number of furan rings is 1. The lowest BCUT2D eigenvalue weighted by Crippen LogP contribution is -2.49. The second-order valence-corrected chi connectivity index (χ2v) is 23.9. The lowest BCUT2D eigenvalue weighted by atomic mass is 9.61. The number of rotatable bonds is 1. The Morgan fingerprint density at radius 1 is 0.508 bits per heavy atom. The topological polar surface area (TPSA) is 42.2 Å². The molecular weight excluding hydrogens is 783 g/mol. The van der Waals surface area contributed by atoms with Gasteiger partial charge in [-0.15, -0.1) is 0 Å². The predicted molar refractivity (Wildman–Crippen MR) is 260 cm³/mol. The average Bonchev–Trinajstić information content (AvgIpc) is 4.05. The second kappa shape index (κ2) is 11.3. The maximum Gasteiger partial charge on any atom is 0.159 e. The first-order valence-corrected chi connectivity index (χ1v) is 25.4. The van der Waals surface area contributed by atoms with Crippen LogP contribution in [0.4, 0.5) is 17.1 Å². The van der Waals surface area contributed by atoms with Crippen molar-refractivity contribution in [3.63, 3.8) is 0 Å². The standard InChI is InChI=1S/C58H41N3OSi/c1-57(2)39-14-6-7-17-45(39)61(47-31-49-38(30-44(47)57)34-12-5-8-19-48(34)63(49,3)4)46-18-9-13-35-36-25-27-41-52(56(36)62-55(35)46)37-24-22-32-20-21-33-23-26-40(51(37)50(32)33)58(41)42-15-10-28-59-53(42)54-43(58)16-11-29-60-54/h5-19,22-31H,20-21H2,1-4H3. The van der Waals surface area contributed by atoms with Crippen LogP contribution in [0.15, 0.2) is 156 Å². The Labute approximate surface area is 366 Å². The summed E-state index contributed by atoms with van der Waals surface area (Å²) < 4.78 is 7.64. The summed E-state index contributed by atoms with van der Waals surface area (Å²) in [5.74, 6) is 0. The molecule has 5 heterocycles. The predicted octanol–water partition coefficient (Wildman–Crippen LogP) is 12.9. The van der Waals surface area contributed by atoms with Gasteiger partial charge in [-0.3, -0.25) is 9.97 Å². The molecule has 2 aliphatic heterocycles. The van der Waals surface area contributed by atoms with Crippen molar-refractivity contribution in [3.8, 4) is 33.6 Å². The van der Waals surface area contributed by atoms with Gasteiger partial charge in [0.25, 0.3) is 0 Å². The molecule has 0 bridgehead atoms. The van der Waals surface area contributed by atoms with Crippen molar-refractivity contribution in [2.45, 2.75) is 50.6 Å². The zero-order valence-corrected chi connectivity index (χ0v) is 36.6. The smallest absolute Gasteiger partial charge is 0.159 e. The van der Waals surface area contributed by atoms with Crippen LogP contribution in [0.1, 0.15) is 58.4 Å². The highest BCUT2D eigenvalue weighted by atomic mass is 28.3. The lowest BCUT2D eigenvalue weighted by molar-refractivity contribution is 0.631. The zero-order chi connectivity index (χ0) is 41.7. The average molecular weight is 824 g/mol. The van der Waals surface area contributed by atoms with Crippen LogP contribution in [0, 0.1) is 0 Å². The number of aryl methyl sites for hydroxylation is 2. The SMILES string of the molecule is CC1(C)c2ccccc2N(c2cccc3c2oc2c4c(ccc23)C2(c3cccnc3-c3ncccc32)c2ccc3c5c(ccc-4c25)CC3)c2cc3c(cc21)-c1ccccc1[Si]3(C)C. The van der Waals surface area contributed by atoms with Gasteiger partial charge in [-0.2, -0.15) is 0 Å². The van der Waals surface area contributed by atoms with Crippen molar-refractivity contribution in [2.75, 3.05) is 4.90 Å². The van der Waals surface area contributed by atoms with Gasteiger partial charge >= 0.3 is 0 Å². The minimum Gasteiger partial charge on any atom is -0.453 e. The monoisotopic (exact) mass is 823 g/mol.